The molecule has 6 heteroatoms. The number of hydrogen-bond acceptors (Lipinski definition) is 6. The molecule has 0 bridgehead atoms. The lowest BCUT2D eigenvalue weighted by Gasteiger charge is -2.16. The molecule has 154 valence electrons. The van der Waals surface area contributed by atoms with E-state index in [0.717, 1.165) is 21.5 Å². The average Bonchev–Trinajstić information content (AvgIpc) is 2.76. The lowest BCUT2D eigenvalue weighted by atomic mass is 9.92. The number of methoxy groups -OCH3 is 2. The van der Waals surface area contributed by atoms with E-state index in [4.69, 9.17) is 18.9 Å². The largest absolute Gasteiger partial charge is 0.507 e. The van der Waals surface area contributed by atoms with Gasteiger partial charge >= 0.3 is 0 Å². The van der Waals surface area contributed by atoms with Crippen molar-refractivity contribution in [2.24, 2.45) is 0 Å². The molecule has 0 unspecified atom stereocenters. The van der Waals surface area contributed by atoms with Gasteiger partial charge in [0.05, 0.1) is 0 Å². The molecule has 0 fully saturated rings. The fourth-order valence-electron chi connectivity index (χ4n) is 3.53. The Balaban J connectivity index is 1.98. The van der Waals surface area contributed by atoms with E-state index in [1.807, 2.05) is 48.5 Å². The van der Waals surface area contributed by atoms with E-state index in [1.165, 1.54) is 0 Å². The molecule has 0 aliphatic rings. The van der Waals surface area contributed by atoms with Gasteiger partial charge in [-0.25, -0.2) is 0 Å². The molecular formula is C24H22O6. The predicted molar refractivity (Wildman–Crippen MR) is 115 cm³/mol. The van der Waals surface area contributed by atoms with Crippen molar-refractivity contribution >= 4 is 21.5 Å². The Bertz CT molecular complexity index is 1110. The van der Waals surface area contributed by atoms with Gasteiger partial charge in [0, 0.05) is 25.3 Å². The summed E-state index contributed by atoms with van der Waals surface area (Å²) in [5.74, 6) is 1.30. The summed E-state index contributed by atoms with van der Waals surface area (Å²) >= 11 is 0. The van der Waals surface area contributed by atoms with Gasteiger partial charge in [0.2, 0.25) is 0 Å². The number of fused-ring (bicyclic) bond motifs is 2. The zero-order valence-corrected chi connectivity index (χ0v) is 16.7. The van der Waals surface area contributed by atoms with Crippen LogP contribution in [0.3, 0.4) is 0 Å². The molecule has 0 aliphatic heterocycles. The third-order valence-electron chi connectivity index (χ3n) is 4.88. The van der Waals surface area contributed by atoms with E-state index in [0.29, 0.717) is 22.6 Å². The van der Waals surface area contributed by atoms with Gasteiger partial charge in [-0.2, -0.15) is 0 Å². The summed E-state index contributed by atoms with van der Waals surface area (Å²) < 4.78 is 21.1. The molecule has 0 saturated heterocycles. The minimum absolute atomic E-state index is 0.0532. The number of phenols is 2. The third kappa shape index (κ3) is 3.70. The van der Waals surface area contributed by atoms with Crippen molar-refractivity contribution in [3.63, 3.8) is 0 Å². The second kappa shape index (κ2) is 8.49. The Kier molecular flexibility index (Phi) is 5.61. The first kappa shape index (κ1) is 19.8. The maximum Gasteiger partial charge on any atom is 0.188 e. The van der Waals surface area contributed by atoms with Crippen LogP contribution in [0.25, 0.3) is 32.7 Å². The Morgan fingerprint density at radius 3 is 1.40 bits per heavy atom. The third-order valence-corrected chi connectivity index (χ3v) is 4.88. The van der Waals surface area contributed by atoms with E-state index in [-0.39, 0.29) is 25.1 Å². The van der Waals surface area contributed by atoms with Crippen LogP contribution >= 0.6 is 0 Å². The number of rotatable bonds is 7. The minimum atomic E-state index is 0.0532. The predicted octanol–water partition coefficient (Wildman–Crippen LogP) is 5.04. The van der Waals surface area contributed by atoms with E-state index < -0.39 is 0 Å². The second-order valence-electron chi connectivity index (χ2n) is 6.79. The first-order chi connectivity index (χ1) is 14.6. The summed E-state index contributed by atoms with van der Waals surface area (Å²) in [6, 6.07) is 18.0. The van der Waals surface area contributed by atoms with Gasteiger partial charge in [0.1, 0.15) is 23.0 Å². The average molecular weight is 406 g/mol. The van der Waals surface area contributed by atoms with Crippen LogP contribution in [0.1, 0.15) is 0 Å². The molecule has 2 N–H and O–H groups in total. The summed E-state index contributed by atoms with van der Waals surface area (Å²) in [7, 11) is 3.10. The Labute approximate surface area is 173 Å². The molecule has 0 aromatic heterocycles. The summed E-state index contributed by atoms with van der Waals surface area (Å²) in [6.45, 7) is 0.221. The summed E-state index contributed by atoms with van der Waals surface area (Å²) in [6.07, 6.45) is 0. The smallest absolute Gasteiger partial charge is 0.188 e. The van der Waals surface area contributed by atoms with Gasteiger partial charge in [-0.15, -0.1) is 0 Å². The highest BCUT2D eigenvalue weighted by molar-refractivity contribution is 6.10. The van der Waals surface area contributed by atoms with Gasteiger partial charge < -0.3 is 29.2 Å². The van der Waals surface area contributed by atoms with Crippen LogP contribution in [0.5, 0.6) is 23.0 Å². The van der Waals surface area contributed by atoms with Crippen LogP contribution in [0.15, 0.2) is 60.7 Å². The molecule has 0 aliphatic carbocycles. The molecule has 0 radical (unpaired) electrons. The monoisotopic (exact) mass is 406 g/mol. The maximum absolute atomic E-state index is 10.8. The molecule has 0 amide bonds. The van der Waals surface area contributed by atoms with E-state index in [1.54, 1.807) is 26.4 Å². The number of aromatic hydroxyl groups is 2. The zero-order valence-electron chi connectivity index (χ0n) is 16.7. The van der Waals surface area contributed by atoms with Gasteiger partial charge in [0.25, 0.3) is 0 Å². The molecule has 4 rings (SSSR count). The van der Waals surface area contributed by atoms with Crippen molar-refractivity contribution in [2.75, 3.05) is 27.8 Å². The Hall–Kier alpha value is -3.48. The lowest BCUT2D eigenvalue weighted by molar-refractivity contribution is 0.0510. The Morgan fingerprint density at radius 1 is 0.600 bits per heavy atom. The van der Waals surface area contributed by atoms with Crippen molar-refractivity contribution in [3.8, 4) is 34.1 Å². The van der Waals surface area contributed by atoms with Crippen molar-refractivity contribution in [3.05, 3.63) is 60.7 Å². The van der Waals surface area contributed by atoms with E-state index in [9.17, 15) is 10.2 Å². The van der Waals surface area contributed by atoms with Crippen molar-refractivity contribution in [1.29, 1.82) is 0 Å². The first-order valence-electron chi connectivity index (χ1n) is 9.37. The molecule has 30 heavy (non-hydrogen) atoms. The maximum atomic E-state index is 10.8. The van der Waals surface area contributed by atoms with Gasteiger partial charge in [-0.1, -0.05) is 24.3 Å². The van der Waals surface area contributed by atoms with Crippen molar-refractivity contribution < 1.29 is 29.2 Å². The summed E-state index contributed by atoms with van der Waals surface area (Å²) in [4.78, 5) is 0. The molecule has 0 saturated carbocycles. The molecule has 0 atom stereocenters. The normalized spacial score (nSPS) is 11.1. The molecule has 4 aromatic rings. The van der Waals surface area contributed by atoms with E-state index >= 15 is 0 Å². The fourth-order valence-corrected chi connectivity index (χ4v) is 3.53. The number of hydrogen-bond donors (Lipinski definition) is 2. The van der Waals surface area contributed by atoms with Crippen LogP contribution in [0.2, 0.25) is 0 Å². The van der Waals surface area contributed by atoms with Crippen LogP contribution in [0.4, 0.5) is 0 Å². The number of ether oxygens (including phenoxy) is 4. The van der Waals surface area contributed by atoms with E-state index in [2.05, 4.69) is 0 Å². The number of phenolic OH excluding ortho intramolecular Hbond substituents is 2. The second-order valence-corrected chi connectivity index (χ2v) is 6.79. The highest BCUT2D eigenvalue weighted by Gasteiger charge is 2.18. The van der Waals surface area contributed by atoms with Crippen LogP contribution in [-0.4, -0.2) is 38.0 Å². The standard InChI is InChI=1S/C24H22O6/c1-27-13-29-17-7-3-15-5-9-21(25)23(19(15)11-17)24-20-12-18(30-14-28-2)8-4-16(20)6-10-22(24)26/h3-12,25-26H,13-14H2,1-2H3. The molecular weight excluding hydrogens is 384 g/mol. The lowest BCUT2D eigenvalue weighted by Crippen LogP contribution is -1.99. The van der Waals surface area contributed by atoms with Crippen LogP contribution in [-0.2, 0) is 9.47 Å². The Morgan fingerprint density at radius 2 is 1.00 bits per heavy atom. The zero-order chi connectivity index (χ0) is 21.1. The van der Waals surface area contributed by atoms with Gasteiger partial charge in [0.15, 0.2) is 13.6 Å². The van der Waals surface area contributed by atoms with Crippen molar-refractivity contribution in [1.82, 2.24) is 0 Å². The first-order valence-corrected chi connectivity index (χ1v) is 9.37. The number of benzene rings is 4. The molecule has 0 spiro atoms. The van der Waals surface area contributed by atoms with Gasteiger partial charge in [-0.05, 0) is 57.9 Å². The fraction of sp³-hybridized carbons (Fsp3) is 0.167. The van der Waals surface area contributed by atoms with Crippen LogP contribution < -0.4 is 9.47 Å². The molecule has 6 nitrogen and oxygen atoms in total. The SMILES string of the molecule is COCOc1ccc2ccc(O)c(-c3c(O)ccc4ccc(OCOC)cc34)c2c1. The molecule has 0 heterocycles. The topological polar surface area (TPSA) is 77.4 Å². The highest BCUT2D eigenvalue weighted by atomic mass is 16.7. The minimum Gasteiger partial charge on any atom is -0.507 e. The molecule has 4 aromatic carbocycles. The van der Waals surface area contributed by atoms with Gasteiger partial charge in [-0.3, -0.25) is 0 Å². The van der Waals surface area contributed by atoms with Crippen LogP contribution in [0, 0.1) is 0 Å². The quantitative estimate of drug-likeness (QED) is 0.419. The highest BCUT2D eigenvalue weighted by Crippen LogP contribution is 2.45. The van der Waals surface area contributed by atoms with Crippen molar-refractivity contribution in [2.45, 2.75) is 0 Å². The summed E-state index contributed by atoms with van der Waals surface area (Å²) in [5, 5.41) is 24.9. The summed E-state index contributed by atoms with van der Waals surface area (Å²) in [5.41, 5.74) is 1.03.